The van der Waals surface area contributed by atoms with E-state index in [1.807, 2.05) is 31.1 Å². The zero-order chi connectivity index (χ0) is 24.1. The SMILES string of the molecule is CCC(C)C(=O)NC(C(=O)N1CCCC1c1cncc(-c2ccc(C)cc2)c1)C1CCCCC1. The summed E-state index contributed by atoms with van der Waals surface area (Å²) in [6.07, 6.45) is 12.0. The minimum absolute atomic E-state index is 0.00482. The molecule has 0 bridgehead atoms. The van der Waals surface area contributed by atoms with E-state index >= 15 is 0 Å². The minimum Gasteiger partial charge on any atom is -0.344 e. The molecule has 5 heteroatoms. The van der Waals surface area contributed by atoms with E-state index in [-0.39, 0.29) is 29.7 Å². The Morgan fingerprint density at radius 3 is 2.47 bits per heavy atom. The third kappa shape index (κ3) is 5.51. The summed E-state index contributed by atoms with van der Waals surface area (Å²) < 4.78 is 0. The molecule has 1 saturated carbocycles. The van der Waals surface area contributed by atoms with Gasteiger partial charge in [-0.1, -0.05) is 62.9 Å². The lowest BCUT2D eigenvalue weighted by atomic mass is 9.83. The van der Waals surface area contributed by atoms with E-state index in [1.54, 1.807) is 0 Å². The van der Waals surface area contributed by atoms with Crippen molar-refractivity contribution in [1.29, 1.82) is 0 Å². The maximum atomic E-state index is 14.0. The van der Waals surface area contributed by atoms with Gasteiger partial charge in [0.1, 0.15) is 6.04 Å². The number of nitrogens with one attached hydrogen (secondary N) is 1. The summed E-state index contributed by atoms with van der Waals surface area (Å²) in [6.45, 7) is 6.79. The van der Waals surface area contributed by atoms with Crippen LogP contribution in [0.5, 0.6) is 0 Å². The molecule has 1 aliphatic carbocycles. The van der Waals surface area contributed by atoms with Crippen LogP contribution in [0.3, 0.4) is 0 Å². The zero-order valence-electron chi connectivity index (χ0n) is 20.9. The first kappa shape index (κ1) is 24.4. The molecule has 2 heterocycles. The smallest absolute Gasteiger partial charge is 0.245 e. The molecule has 1 aromatic carbocycles. The zero-order valence-corrected chi connectivity index (χ0v) is 20.9. The first-order chi connectivity index (χ1) is 16.5. The van der Waals surface area contributed by atoms with Crippen LogP contribution in [0, 0.1) is 18.8 Å². The third-order valence-electron chi connectivity index (χ3n) is 7.81. The average molecular weight is 462 g/mol. The lowest BCUT2D eigenvalue weighted by Gasteiger charge is -2.35. The second-order valence-corrected chi connectivity index (χ2v) is 10.3. The predicted molar refractivity (Wildman–Crippen MR) is 136 cm³/mol. The van der Waals surface area contributed by atoms with Gasteiger partial charge >= 0.3 is 0 Å². The molecule has 1 saturated heterocycles. The van der Waals surface area contributed by atoms with Gasteiger partial charge in [-0.3, -0.25) is 14.6 Å². The van der Waals surface area contributed by atoms with E-state index in [0.29, 0.717) is 0 Å². The molecule has 4 rings (SSSR count). The van der Waals surface area contributed by atoms with E-state index in [1.165, 1.54) is 12.0 Å². The second-order valence-electron chi connectivity index (χ2n) is 10.3. The predicted octanol–water partition coefficient (Wildman–Crippen LogP) is 5.83. The molecular formula is C29H39N3O2. The van der Waals surface area contributed by atoms with Crippen LogP contribution in [0.25, 0.3) is 11.1 Å². The van der Waals surface area contributed by atoms with E-state index in [2.05, 4.69) is 47.6 Å². The highest BCUT2D eigenvalue weighted by molar-refractivity contribution is 5.89. The van der Waals surface area contributed by atoms with E-state index in [4.69, 9.17) is 0 Å². The Labute approximate surface area is 204 Å². The number of rotatable bonds is 7. The first-order valence-corrected chi connectivity index (χ1v) is 13.1. The Bertz CT molecular complexity index is 981. The molecule has 5 nitrogen and oxygen atoms in total. The summed E-state index contributed by atoms with van der Waals surface area (Å²) in [4.78, 5) is 33.3. The molecule has 2 fully saturated rings. The molecule has 0 radical (unpaired) electrons. The highest BCUT2D eigenvalue weighted by Gasteiger charge is 2.39. The lowest BCUT2D eigenvalue weighted by molar-refractivity contribution is -0.140. The molecular weight excluding hydrogens is 422 g/mol. The van der Waals surface area contributed by atoms with Crippen LogP contribution in [0.2, 0.25) is 0 Å². The molecule has 2 amide bonds. The molecule has 3 unspecified atom stereocenters. The van der Waals surface area contributed by atoms with Crippen molar-refractivity contribution in [3.63, 3.8) is 0 Å². The largest absolute Gasteiger partial charge is 0.344 e. The molecule has 3 atom stereocenters. The molecule has 34 heavy (non-hydrogen) atoms. The first-order valence-electron chi connectivity index (χ1n) is 13.1. The van der Waals surface area contributed by atoms with Crippen LogP contribution in [0.15, 0.2) is 42.7 Å². The quantitative estimate of drug-likeness (QED) is 0.564. The number of carbonyl (C=O) groups excluding carboxylic acids is 2. The molecule has 182 valence electrons. The van der Waals surface area contributed by atoms with E-state index < -0.39 is 6.04 Å². The Balaban J connectivity index is 1.57. The van der Waals surface area contributed by atoms with Gasteiger partial charge in [0, 0.05) is 30.4 Å². The maximum Gasteiger partial charge on any atom is 0.245 e. The van der Waals surface area contributed by atoms with Crippen LogP contribution >= 0.6 is 0 Å². The van der Waals surface area contributed by atoms with Crippen molar-refractivity contribution in [1.82, 2.24) is 15.2 Å². The van der Waals surface area contributed by atoms with Crippen molar-refractivity contribution < 1.29 is 9.59 Å². The highest BCUT2D eigenvalue weighted by Crippen LogP contribution is 2.36. The number of hydrogen-bond donors (Lipinski definition) is 1. The summed E-state index contributed by atoms with van der Waals surface area (Å²) in [5.41, 5.74) is 4.52. The van der Waals surface area contributed by atoms with Gasteiger partial charge in [0.05, 0.1) is 6.04 Å². The normalized spacial score (nSPS) is 20.7. The van der Waals surface area contributed by atoms with Crippen molar-refractivity contribution in [3.05, 3.63) is 53.9 Å². The summed E-state index contributed by atoms with van der Waals surface area (Å²) in [6, 6.07) is 10.2. The van der Waals surface area contributed by atoms with Crippen LogP contribution in [0.1, 0.15) is 82.4 Å². The van der Waals surface area contributed by atoms with Crippen molar-refractivity contribution in [2.75, 3.05) is 6.54 Å². The molecule has 1 aromatic heterocycles. The van der Waals surface area contributed by atoms with Gasteiger partial charge in [-0.05, 0) is 62.1 Å². The highest BCUT2D eigenvalue weighted by atomic mass is 16.2. The third-order valence-corrected chi connectivity index (χ3v) is 7.81. The topological polar surface area (TPSA) is 62.3 Å². The average Bonchev–Trinajstić information content (AvgIpc) is 3.37. The lowest BCUT2D eigenvalue weighted by Crippen LogP contribution is -2.53. The fourth-order valence-corrected chi connectivity index (χ4v) is 5.43. The summed E-state index contributed by atoms with van der Waals surface area (Å²) >= 11 is 0. The van der Waals surface area contributed by atoms with Gasteiger partial charge in [0.15, 0.2) is 0 Å². The maximum absolute atomic E-state index is 14.0. The molecule has 2 aliphatic rings. The molecule has 1 N–H and O–H groups in total. The number of aromatic nitrogens is 1. The number of benzene rings is 1. The van der Waals surface area contributed by atoms with Crippen LogP contribution in [-0.2, 0) is 9.59 Å². The second kappa shape index (κ2) is 11.2. The number of nitrogens with zero attached hydrogens (tertiary/aromatic N) is 2. The standard InChI is InChI=1S/C29H39N3O2/c1-4-21(3)28(33)31-27(23-9-6-5-7-10-23)29(34)32-16-8-11-26(32)25-17-24(18-30-19-25)22-14-12-20(2)13-15-22/h12-15,17-19,21,23,26-27H,4-11,16H2,1-3H3,(H,31,33). The Kier molecular flexibility index (Phi) is 8.02. The number of likely N-dealkylation sites (tertiary alicyclic amines) is 1. The van der Waals surface area contributed by atoms with Crippen LogP contribution < -0.4 is 5.32 Å². The number of pyridine rings is 1. The van der Waals surface area contributed by atoms with Gasteiger partial charge in [-0.15, -0.1) is 0 Å². The number of hydrogen-bond acceptors (Lipinski definition) is 3. The minimum atomic E-state index is -0.421. The van der Waals surface area contributed by atoms with Crippen molar-refractivity contribution in [3.8, 4) is 11.1 Å². The van der Waals surface area contributed by atoms with Crippen molar-refractivity contribution in [2.24, 2.45) is 11.8 Å². The Hall–Kier alpha value is -2.69. The van der Waals surface area contributed by atoms with Crippen LogP contribution in [0.4, 0.5) is 0 Å². The van der Waals surface area contributed by atoms with E-state index in [0.717, 1.165) is 68.2 Å². The number of aryl methyl sites for hydroxylation is 1. The Morgan fingerprint density at radius 2 is 1.76 bits per heavy atom. The fourth-order valence-electron chi connectivity index (χ4n) is 5.43. The molecule has 0 spiro atoms. The monoisotopic (exact) mass is 461 g/mol. The van der Waals surface area contributed by atoms with Crippen molar-refractivity contribution in [2.45, 2.75) is 84.2 Å². The summed E-state index contributed by atoms with van der Waals surface area (Å²) in [7, 11) is 0. The fraction of sp³-hybridized carbons (Fsp3) is 0.552. The summed E-state index contributed by atoms with van der Waals surface area (Å²) in [5, 5.41) is 3.18. The Morgan fingerprint density at radius 1 is 1.03 bits per heavy atom. The number of amides is 2. The summed E-state index contributed by atoms with van der Waals surface area (Å²) in [5.74, 6) is 0.244. The van der Waals surface area contributed by atoms with Gasteiger partial charge < -0.3 is 10.2 Å². The van der Waals surface area contributed by atoms with Gasteiger partial charge in [0.25, 0.3) is 0 Å². The van der Waals surface area contributed by atoms with E-state index in [9.17, 15) is 9.59 Å². The van der Waals surface area contributed by atoms with Gasteiger partial charge in [0.2, 0.25) is 11.8 Å². The van der Waals surface area contributed by atoms with Gasteiger partial charge in [-0.25, -0.2) is 0 Å². The molecule has 2 aromatic rings. The van der Waals surface area contributed by atoms with Crippen LogP contribution in [-0.4, -0.2) is 34.3 Å². The number of carbonyl (C=O) groups is 2. The molecule has 1 aliphatic heterocycles. The van der Waals surface area contributed by atoms with Gasteiger partial charge in [-0.2, -0.15) is 0 Å². The van der Waals surface area contributed by atoms with Crippen molar-refractivity contribution >= 4 is 11.8 Å².